The van der Waals surface area contributed by atoms with Gasteiger partial charge in [-0.1, -0.05) is 29.8 Å². The number of halogens is 1. The molecule has 0 unspecified atom stereocenters. The summed E-state index contributed by atoms with van der Waals surface area (Å²) in [5.74, 6) is 0.331. The Morgan fingerprint density at radius 1 is 1.24 bits per heavy atom. The molecule has 0 bridgehead atoms. The summed E-state index contributed by atoms with van der Waals surface area (Å²) in [6.45, 7) is 1.10. The number of nitro groups is 1. The molecule has 0 aliphatic carbocycles. The van der Waals surface area contributed by atoms with Gasteiger partial charge in [0.2, 0.25) is 0 Å². The van der Waals surface area contributed by atoms with Crippen LogP contribution in [-0.2, 0) is 6.42 Å². The van der Waals surface area contributed by atoms with Crippen LogP contribution in [0.15, 0.2) is 65.3 Å². The highest BCUT2D eigenvalue weighted by atomic mass is 35.5. The SMILES string of the molecule is O=C(NC[C@H](c1ccco1)N1CCc2ccccc21)c1ccc(Cl)c([N+](=O)[O-])c1. The van der Waals surface area contributed by atoms with Crippen molar-refractivity contribution in [2.75, 3.05) is 18.0 Å². The monoisotopic (exact) mass is 411 g/mol. The summed E-state index contributed by atoms with van der Waals surface area (Å²) in [4.78, 5) is 25.3. The standard InChI is InChI=1S/C21H18ClN3O4/c22-16-8-7-15(12-18(16)25(27)28)21(26)23-13-19(20-6-3-11-29-20)24-10-9-14-4-1-2-5-17(14)24/h1-8,11-12,19H,9-10,13H2,(H,23,26)/t19-/m1/s1. The Hall–Kier alpha value is -3.32. The van der Waals surface area contributed by atoms with E-state index in [1.54, 1.807) is 6.26 Å². The fraction of sp³-hybridized carbons (Fsp3) is 0.190. The normalized spacial score (nSPS) is 13.8. The van der Waals surface area contributed by atoms with Gasteiger partial charge < -0.3 is 14.6 Å². The van der Waals surface area contributed by atoms with Gasteiger partial charge in [-0.15, -0.1) is 0 Å². The molecule has 0 saturated carbocycles. The van der Waals surface area contributed by atoms with E-state index < -0.39 is 10.8 Å². The number of benzene rings is 2. The fourth-order valence-electron chi connectivity index (χ4n) is 3.62. The molecule has 1 atom stereocenters. The Bertz CT molecular complexity index is 1050. The smallest absolute Gasteiger partial charge is 0.288 e. The second kappa shape index (κ2) is 7.97. The average molecular weight is 412 g/mol. The maximum absolute atomic E-state index is 12.6. The van der Waals surface area contributed by atoms with Gasteiger partial charge in [0.15, 0.2) is 0 Å². The maximum Gasteiger partial charge on any atom is 0.288 e. The molecule has 8 heteroatoms. The molecule has 4 rings (SSSR count). The zero-order chi connectivity index (χ0) is 20.4. The van der Waals surface area contributed by atoms with E-state index in [1.807, 2.05) is 24.3 Å². The molecule has 0 spiro atoms. The number of fused-ring (bicyclic) bond motifs is 1. The molecular weight excluding hydrogens is 394 g/mol. The van der Waals surface area contributed by atoms with Crippen LogP contribution < -0.4 is 10.2 Å². The van der Waals surface area contributed by atoms with Crippen LogP contribution in [0.3, 0.4) is 0 Å². The minimum Gasteiger partial charge on any atom is -0.467 e. The van der Waals surface area contributed by atoms with Crippen molar-refractivity contribution in [3.8, 4) is 0 Å². The lowest BCUT2D eigenvalue weighted by atomic mass is 10.1. The number of nitrogens with zero attached hydrogens (tertiary/aromatic N) is 2. The third kappa shape index (κ3) is 3.82. The quantitative estimate of drug-likeness (QED) is 0.480. The highest BCUT2D eigenvalue weighted by Gasteiger charge is 2.29. The summed E-state index contributed by atoms with van der Waals surface area (Å²) in [5.41, 5.74) is 2.26. The van der Waals surface area contributed by atoms with Gasteiger partial charge in [0.1, 0.15) is 16.8 Å². The van der Waals surface area contributed by atoms with E-state index >= 15 is 0 Å². The number of nitrogens with one attached hydrogen (secondary N) is 1. The molecule has 7 nitrogen and oxygen atoms in total. The van der Waals surface area contributed by atoms with Crippen LogP contribution in [-0.4, -0.2) is 23.9 Å². The van der Waals surface area contributed by atoms with Gasteiger partial charge in [0.25, 0.3) is 11.6 Å². The number of hydrogen-bond acceptors (Lipinski definition) is 5. The summed E-state index contributed by atoms with van der Waals surface area (Å²) in [6.07, 6.45) is 2.53. The fourth-order valence-corrected chi connectivity index (χ4v) is 3.80. The largest absolute Gasteiger partial charge is 0.467 e. The Labute approximate surface area is 172 Å². The number of carbonyl (C=O) groups excluding carboxylic acids is 1. The number of rotatable bonds is 6. The second-order valence-corrected chi connectivity index (χ2v) is 7.14. The van der Waals surface area contributed by atoms with Gasteiger partial charge in [-0.05, 0) is 42.3 Å². The Kier molecular flexibility index (Phi) is 5.22. The van der Waals surface area contributed by atoms with Crippen molar-refractivity contribution < 1.29 is 14.1 Å². The Balaban J connectivity index is 1.55. The molecule has 29 heavy (non-hydrogen) atoms. The molecule has 148 valence electrons. The van der Waals surface area contributed by atoms with Gasteiger partial charge in [0, 0.05) is 30.4 Å². The Morgan fingerprint density at radius 2 is 2.07 bits per heavy atom. The number of furan rings is 1. The molecule has 3 aromatic rings. The molecular formula is C21H18ClN3O4. The molecule has 0 saturated heterocycles. The van der Waals surface area contributed by atoms with E-state index in [2.05, 4.69) is 22.3 Å². The first-order chi connectivity index (χ1) is 14.0. The lowest BCUT2D eigenvalue weighted by Crippen LogP contribution is -2.37. The Morgan fingerprint density at radius 3 is 2.83 bits per heavy atom. The second-order valence-electron chi connectivity index (χ2n) is 6.74. The maximum atomic E-state index is 12.6. The summed E-state index contributed by atoms with van der Waals surface area (Å²) in [7, 11) is 0. The van der Waals surface area contributed by atoms with Crippen molar-refractivity contribution in [2.45, 2.75) is 12.5 Å². The summed E-state index contributed by atoms with van der Waals surface area (Å²) >= 11 is 5.83. The first-order valence-corrected chi connectivity index (χ1v) is 9.52. The van der Waals surface area contributed by atoms with Crippen molar-refractivity contribution in [1.29, 1.82) is 0 Å². The van der Waals surface area contributed by atoms with Gasteiger partial charge in [-0.3, -0.25) is 14.9 Å². The van der Waals surface area contributed by atoms with Crippen LogP contribution in [0.1, 0.15) is 27.7 Å². The van der Waals surface area contributed by atoms with Crippen molar-refractivity contribution >= 4 is 28.9 Å². The van der Waals surface area contributed by atoms with Crippen molar-refractivity contribution in [3.63, 3.8) is 0 Å². The average Bonchev–Trinajstić information content (AvgIpc) is 3.39. The first-order valence-electron chi connectivity index (χ1n) is 9.14. The van der Waals surface area contributed by atoms with Crippen LogP contribution in [0.25, 0.3) is 0 Å². The third-order valence-corrected chi connectivity index (χ3v) is 5.35. The van der Waals surface area contributed by atoms with Crippen molar-refractivity contribution in [1.82, 2.24) is 5.32 Å². The number of carbonyl (C=O) groups is 1. The van der Waals surface area contributed by atoms with Crippen molar-refractivity contribution in [3.05, 3.63) is 92.9 Å². The highest BCUT2D eigenvalue weighted by molar-refractivity contribution is 6.32. The number of hydrogen-bond donors (Lipinski definition) is 1. The molecule has 2 aromatic carbocycles. The zero-order valence-electron chi connectivity index (χ0n) is 15.4. The molecule has 0 fully saturated rings. The third-order valence-electron chi connectivity index (χ3n) is 5.03. The molecule has 2 heterocycles. The first kappa shape index (κ1) is 19.0. The van der Waals surface area contributed by atoms with Gasteiger partial charge in [-0.25, -0.2) is 0 Å². The van der Waals surface area contributed by atoms with E-state index in [-0.39, 0.29) is 28.9 Å². The van der Waals surface area contributed by atoms with Crippen LogP contribution in [0, 0.1) is 10.1 Å². The van der Waals surface area contributed by atoms with E-state index in [9.17, 15) is 14.9 Å². The van der Waals surface area contributed by atoms with Crippen molar-refractivity contribution in [2.24, 2.45) is 0 Å². The predicted molar refractivity (Wildman–Crippen MR) is 109 cm³/mol. The predicted octanol–water partition coefficient (Wildman–Crippen LogP) is 4.38. The molecule has 1 amide bonds. The van der Waals surface area contributed by atoms with Crippen LogP contribution in [0.2, 0.25) is 5.02 Å². The molecule has 1 aromatic heterocycles. The minimum absolute atomic E-state index is 0.00585. The topological polar surface area (TPSA) is 88.6 Å². The van der Waals surface area contributed by atoms with Gasteiger partial charge in [-0.2, -0.15) is 0 Å². The highest BCUT2D eigenvalue weighted by Crippen LogP contribution is 2.35. The number of nitro benzene ring substituents is 1. The number of anilines is 1. The van der Waals surface area contributed by atoms with Gasteiger partial charge >= 0.3 is 0 Å². The lowest BCUT2D eigenvalue weighted by Gasteiger charge is -2.29. The lowest BCUT2D eigenvalue weighted by molar-refractivity contribution is -0.384. The molecule has 1 aliphatic rings. The summed E-state index contributed by atoms with van der Waals surface area (Å²) < 4.78 is 5.63. The van der Waals surface area contributed by atoms with E-state index in [0.717, 1.165) is 24.4 Å². The van der Waals surface area contributed by atoms with Crippen LogP contribution in [0.5, 0.6) is 0 Å². The minimum atomic E-state index is -0.605. The summed E-state index contributed by atoms with van der Waals surface area (Å²) in [5, 5.41) is 13.9. The van der Waals surface area contributed by atoms with E-state index in [4.69, 9.17) is 16.0 Å². The summed E-state index contributed by atoms with van der Waals surface area (Å²) in [6, 6.07) is 15.7. The van der Waals surface area contributed by atoms with Crippen LogP contribution in [0.4, 0.5) is 11.4 Å². The molecule has 1 aliphatic heterocycles. The van der Waals surface area contributed by atoms with Crippen LogP contribution >= 0.6 is 11.6 Å². The zero-order valence-corrected chi connectivity index (χ0v) is 16.1. The van der Waals surface area contributed by atoms with E-state index in [1.165, 1.54) is 23.8 Å². The number of para-hydroxylation sites is 1. The van der Waals surface area contributed by atoms with Gasteiger partial charge in [0.05, 0.1) is 11.2 Å². The molecule has 0 radical (unpaired) electrons. The number of amides is 1. The molecule has 1 N–H and O–H groups in total. The van der Waals surface area contributed by atoms with E-state index in [0.29, 0.717) is 0 Å².